The Morgan fingerprint density at radius 3 is 2.81 bits per heavy atom. The van der Waals surface area contributed by atoms with Crippen LogP contribution in [-0.2, 0) is 17.9 Å². The van der Waals surface area contributed by atoms with E-state index >= 15 is 0 Å². The van der Waals surface area contributed by atoms with Gasteiger partial charge in [0, 0.05) is 36.8 Å². The smallest absolute Gasteiger partial charge is 0.266 e. The van der Waals surface area contributed by atoms with Crippen molar-refractivity contribution in [2.24, 2.45) is 0 Å². The van der Waals surface area contributed by atoms with Crippen LogP contribution in [0.25, 0.3) is 5.82 Å². The fourth-order valence-corrected chi connectivity index (χ4v) is 2.27. The second kappa shape index (κ2) is 7.55. The molecule has 3 aromatic heterocycles. The van der Waals surface area contributed by atoms with Crippen molar-refractivity contribution >= 4 is 5.91 Å². The van der Waals surface area contributed by atoms with Crippen LogP contribution in [-0.4, -0.2) is 41.6 Å². The highest BCUT2D eigenvalue weighted by molar-refractivity contribution is 5.75. The van der Waals surface area contributed by atoms with E-state index in [9.17, 15) is 14.4 Å². The number of amides is 1. The average Bonchev–Trinajstić information content (AvgIpc) is 3.14. The maximum absolute atomic E-state index is 12.0. The lowest BCUT2D eigenvalue weighted by Gasteiger charge is -2.09. The zero-order chi connectivity index (χ0) is 18.5. The van der Waals surface area contributed by atoms with Gasteiger partial charge in [0.1, 0.15) is 6.54 Å². The fraction of sp³-hybridized carbons (Fsp3) is 0.250. The molecule has 0 spiro atoms. The van der Waals surface area contributed by atoms with Gasteiger partial charge in [-0.1, -0.05) is 0 Å². The van der Waals surface area contributed by atoms with Crippen LogP contribution in [0.2, 0.25) is 0 Å². The number of aryl methyl sites for hydroxylation is 1. The predicted octanol–water partition coefficient (Wildman–Crippen LogP) is -0.889. The summed E-state index contributed by atoms with van der Waals surface area (Å²) in [5, 5.41) is 10.9. The van der Waals surface area contributed by atoms with Crippen LogP contribution in [0.4, 0.5) is 0 Å². The lowest BCUT2D eigenvalue weighted by Crippen LogP contribution is -2.36. The van der Waals surface area contributed by atoms with Crippen molar-refractivity contribution in [3.05, 3.63) is 69.4 Å². The van der Waals surface area contributed by atoms with Crippen LogP contribution in [0.1, 0.15) is 5.69 Å². The number of rotatable bonds is 6. The number of carbonyl (C=O) groups is 1. The second-order valence-electron chi connectivity index (χ2n) is 5.55. The molecule has 0 aliphatic heterocycles. The maximum atomic E-state index is 12.0. The summed E-state index contributed by atoms with van der Waals surface area (Å²) in [4.78, 5) is 39.6. The van der Waals surface area contributed by atoms with E-state index in [-0.39, 0.29) is 36.7 Å². The molecule has 1 amide bonds. The standard InChI is InChI=1S/C16H17N7O3/c1-12-9-16(26)21(11-18-12)10-14(24)17-6-8-23-15(25)4-3-13(20-23)22-7-2-5-19-22/h2-5,7,9,11H,6,8,10H2,1H3,(H,17,24). The lowest BCUT2D eigenvalue weighted by atomic mass is 10.4. The van der Waals surface area contributed by atoms with Gasteiger partial charge < -0.3 is 5.32 Å². The predicted molar refractivity (Wildman–Crippen MR) is 91.9 cm³/mol. The van der Waals surface area contributed by atoms with Crippen molar-refractivity contribution in [3.63, 3.8) is 0 Å². The monoisotopic (exact) mass is 355 g/mol. The SMILES string of the molecule is Cc1cc(=O)n(CC(=O)NCCn2nc(-n3cccn3)ccc2=O)cn1. The summed E-state index contributed by atoms with van der Waals surface area (Å²) in [5.74, 6) is 0.146. The Labute approximate surface area is 147 Å². The molecular formula is C16H17N7O3. The zero-order valence-electron chi connectivity index (χ0n) is 14.1. The Bertz CT molecular complexity index is 1020. The van der Waals surface area contributed by atoms with E-state index in [4.69, 9.17) is 0 Å². The van der Waals surface area contributed by atoms with E-state index in [0.717, 1.165) is 0 Å². The highest BCUT2D eigenvalue weighted by Gasteiger charge is 2.06. The van der Waals surface area contributed by atoms with Crippen LogP contribution in [0.15, 0.2) is 52.6 Å². The van der Waals surface area contributed by atoms with E-state index in [0.29, 0.717) is 11.5 Å². The third-order valence-electron chi connectivity index (χ3n) is 3.57. The van der Waals surface area contributed by atoms with Crippen molar-refractivity contribution in [1.29, 1.82) is 0 Å². The topological polar surface area (TPSA) is 117 Å². The molecule has 0 bridgehead atoms. The lowest BCUT2D eigenvalue weighted by molar-refractivity contribution is -0.121. The number of nitrogens with zero attached hydrogens (tertiary/aromatic N) is 6. The van der Waals surface area contributed by atoms with Crippen molar-refractivity contribution in [2.45, 2.75) is 20.0 Å². The highest BCUT2D eigenvalue weighted by Crippen LogP contribution is 1.98. The fourth-order valence-electron chi connectivity index (χ4n) is 2.27. The zero-order valence-corrected chi connectivity index (χ0v) is 14.1. The third-order valence-corrected chi connectivity index (χ3v) is 3.57. The Kier molecular flexibility index (Phi) is 5.02. The molecule has 3 rings (SSSR count). The summed E-state index contributed by atoms with van der Waals surface area (Å²) in [6.07, 6.45) is 4.66. The summed E-state index contributed by atoms with van der Waals surface area (Å²) in [7, 11) is 0. The van der Waals surface area contributed by atoms with Crippen molar-refractivity contribution in [1.82, 2.24) is 34.4 Å². The van der Waals surface area contributed by atoms with Gasteiger partial charge in [-0.3, -0.25) is 19.0 Å². The summed E-state index contributed by atoms with van der Waals surface area (Å²) in [6.45, 7) is 1.96. The number of carbonyl (C=O) groups excluding carboxylic acids is 1. The molecule has 0 atom stereocenters. The molecule has 0 aromatic carbocycles. The van der Waals surface area contributed by atoms with Gasteiger partial charge in [0.2, 0.25) is 5.91 Å². The highest BCUT2D eigenvalue weighted by atomic mass is 16.2. The molecular weight excluding hydrogens is 338 g/mol. The average molecular weight is 355 g/mol. The Morgan fingerprint density at radius 2 is 2.08 bits per heavy atom. The summed E-state index contributed by atoms with van der Waals surface area (Å²) in [6, 6.07) is 6.07. The Hall–Kier alpha value is -3.56. The number of nitrogens with one attached hydrogen (secondary N) is 1. The number of hydrogen-bond acceptors (Lipinski definition) is 6. The third kappa shape index (κ3) is 4.09. The molecule has 0 saturated carbocycles. The molecule has 0 unspecified atom stereocenters. The van der Waals surface area contributed by atoms with Gasteiger partial charge in [-0.2, -0.15) is 5.10 Å². The Balaban J connectivity index is 1.59. The molecule has 0 saturated heterocycles. The van der Waals surface area contributed by atoms with Crippen LogP contribution >= 0.6 is 0 Å². The van der Waals surface area contributed by atoms with Crippen molar-refractivity contribution in [3.8, 4) is 5.82 Å². The van der Waals surface area contributed by atoms with Gasteiger partial charge in [0.15, 0.2) is 5.82 Å². The minimum atomic E-state index is -0.353. The van der Waals surface area contributed by atoms with Gasteiger partial charge >= 0.3 is 0 Å². The summed E-state index contributed by atoms with van der Waals surface area (Å²) >= 11 is 0. The molecule has 10 nitrogen and oxygen atoms in total. The second-order valence-corrected chi connectivity index (χ2v) is 5.55. The van der Waals surface area contributed by atoms with Crippen LogP contribution in [0, 0.1) is 6.92 Å². The van der Waals surface area contributed by atoms with E-state index < -0.39 is 0 Å². The largest absolute Gasteiger partial charge is 0.353 e. The van der Waals surface area contributed by atoms with Crippen LogP contribution in [0.3, 0.4) is 0 Å². The quantitative estimate of drug-likeness (QED) is 0.613. The van der Waals surface area contributed by atoms with E-state index in [1.54, 1.807) is 31.5 Å². The van der Waals surface area contributed by atoms with Gasteiger partial charge in [-0.05, 0) is 19.1 Å². The molecule has 0 fully saturated rings. The maximum Gasteiger partial charge on any atom is 0.266 e. The van der Waals surface area contributed by atoms with Crippen molar-refractivity contribution < 1.29 is 4.79 Å². The molecule has 3 aromatic rings. The first kappa shape index (κ1) is 17.3. The molecule has 134 valence electrons. The molecule has 26 heavy (non-hydrogen) atoms. The van der Waals surface area contributed by atoms with Gasteiger partial charge in [0.05, 0.1) is 12.9 Å². The number of hydrogen-bond donors (Lipinski definition) is 1. The first-order valence-corrected chi connectivity index (χ1v) is 7.91. The van der Waals surface area contributed by atoms with Crippen molar-refractivity contribution in [2.75, 3.05) is 6.54 Å². The van der Waals surface area contributed by atoms with E-state index in [1.165, 1.54) is 32.4 Å². The van der Waals surface area contributed by atoms with E-state index in [2.05, 4.69) is 20.5 Å². The van der Waals surface area contributed by atoms with Gasteiger partial charge in [-0.15, -0.1) is 5.10 Å². The summed E-state index contributed by atoms with van der Waals surface area (Å²) < 4.78 is 3.99. The minimum absolute atomic E-state index is 0.137. The van der Waals surface area contributed by atoms with Crippen LogP contribution < -0.4 is 16.4 Å². The molecule has 1 N–H and O–H groups in total. The summed E-state index contributed by atoms with van der Waals surface area (Å²) in [5.41, 5.74) is 0.0146. The van der Waals surface area contributed by atoms with Gasteiger partial charge in [-0.25, -0.2) is 14.3 Å². The first-order chi connectivity index (χ1) is 12.5. The minimum Gasteiger partial charge on any atom is -0.353 e. The van der Waals surface area contributed by atoms with E-state index in [1.807, 2.05) is 0 Å². The Morgan fingerprint density at radius 1 is 1.23 bits per heavy atom. The number of aromatic nitrogens is 6. The molecule has 0 radical (unpaired) electrons. The molecule has 3 heterocycles. The van der Waals surface area contributed by atoms with Crippen LogP contribution in [0.5, 0.6) is 0 Å². The molecule has 0 aliphatic carbocycles. The normalized spacial score (nSPS) is 10.7. The first-order valence-electron chi connectivity index (χ1n) is 7.91. The van der Waals surface area contributed by atoms with Gasteiger partial charge in [0.25, 0.3) is 11.1 Å². The molecule has 10 heteroatoms. The molecule has 0 aliphatic rings.